The van der Waals surface area contributed by atoms with Gasteiger partial charge in [0.2, 0.25) is 5.78 Å². The van der Waals surface area contributed by atoms with E-state index in [1.54, 1.807) is 20.0 Å². The highest BCUT2D eigenvalue weighted by Crippen LogP contribution is 2.42. The smallest absolute Gasteiger partial charge is 0.277 e. The van der Waals surface area contributed by atoms with E-state index in [1.165, 1.54) is 41.6 Å². The van der Waals surface area contributed by atoms with Crippen LogP contribution in [0.3, 0.4) is 0 Å². The van der Waals surface area contributed by atoms with Crippen LogP contribution in [0.15, 0.2) is 26.7 Å². The number of sulfone groups is 1. The summed E-state index contributed by atoms with van der Waals surface area (Å²) >= 11 is 1.51. The monoisotopic (exact) mass is 420 g/mol. The van der Waals surface area contributed by atoms with Crippen LogP contribution < -0.4 is 5.56 Å². The number of ketones is 1. The predicted octanol–water partition coefficient (Wildman–Crippen LogP) is 3.04. The molecule has 4 rings (SSSR count). The van der Waals surface area contributed by atoms with E-state index in [9.17, 15) is 18.0 Å². The molecule has 6 nitrogen and oxygen atoms in total. The largest absolute Gasteiger partial charge is 0.299 e. The van der Waals surface area contributed by atoms with Crippen LogP contribution in [-0.2, 0) is 16.9 Å². The van der Waals surface area contributed by atoms with E-state index < -0.39 is 9.84 Å². The fourth-order valence-corrected chi connectivity index (χ4v) is 6.17. The van der Waals surface area contributed by atoms with Crippen LogP contribution >= 0.6 is 11.8 Å². The maximum absolute atomic E-state index is 13.3. The van der Waals surface area contributed by atoms with Crippen LogP contribution in [0.2, 0.25) is 0 Å². The van der Waals surface area contributed by atoms with Crippen LogP contribution in [0.5, 0.6) is 0 Å². The van der Waals surface area contributed by atoms with Crippen molar-refractivity contribution in [2.45, 2.75) is 48.3 Å². The number of nitrogens with one attached hydrogen (secondary N) is 1. The Morgan fingerprint density at radius 3 is 2.50 bits per heavy atom. The number of nitrogens with zero attached hydrogens (tertiary/aromatic N) is 1. The molecule has 28 heavy (non-hydrogen) atoms. The zero-order valence-electron chi connectivity index (χ0n) is 16.2. The zero-order chi connectivity index (χ0) is 20.2. The van der Waals surface area contributed by atoms with E-state index in [2.05, 4.69) is 5.10 Å². The first-order valence-corrected chi connectivity index (χ1v) is 12.4. The summed E-state index contributed by atoms with van der Waals surface area (Å²) in [6, 6.07) is 3.07. The van der Waals surface area contributed by atoms with Crippen molar-refractivity contribution in [3.05, 3.63) is 44.9 Å². The van der Waals surface area contributed by atoms with E-state index in [4.69, 9.17) is 0 Å². The Bertz CT molecular complexity index is 1120. The molecule has 8 heteroatoms. The zero-order valence-corrected chi connectivity index (χ0v) is 17.9. The minimum atomic E-state index is -3.41. The van der Waals surface area contributed by atoms with Gasteiger partial charge in [0, 0.05) is 35.4 Å². The number of aromatic nitrogens is 2. The Balaban J connectivity index is 1.81. The van der Waals surface area contributed by atoms with Gasteiger partial charge in [0.15, 0.2) is 9.84 Å². The highest BCUT2D eigenvalue weighted by Gasteiger charge is 2.34. The van der Waals surface area contributed by atoms with Crippen LogP contribution in [0.1, 0.15) is 58.8 Å². The van der Waals surface area contributed by atoms with E-state index in [0.29, 0.717) is 27.6 Å². The van der Waals surface area contributed by atoms with Crippen molar-refractivity contribution in [3.63, 3.8) is 0 Å². The average molecular weight is 421 g/mol. The number of thioether (sulfide) groups is 1. The Morgan fingerprint density at radius 1 is 1.25 bits per heavy atom. The summed E-state index contributed by atoms with van der Waals surface area (Å²) in [5.74, 6) is 1.37. The van der Waals surface area contributed by atoms with Gasteiger partial charge in [0.1, 0.15) is 5.56 Å². The van der Waals surface area contributed by atoms with Crippen LogP contribution in [0.25, 0.3) is 0 Å². The van der Waals surface area contributed by atoms with Gasteiger partial charge in [-0.3, -0.25) is 19.4 Å². The maximum atomic E-state index is 13.3. The fourth-order valence-electron chi connectivity index (χ4n) is 3.46. The molecule has 0 radical (unpaired) electrons. The third-order valence-corrected chi connectivity index (χ3v) is 8.18. The van der Waals surface area contributed by atoms with Crippen molar-refractivity contribution >= 4 is 27.4 Å². The molecular formula is C20H24N2O4S2. The molecule has 2 aromatic rings. The van der Waals surface area contributed by atoms with Crippen molar-refractivity contribution in [2.75, 3.05) is 12.0 Å². The van der Waals surface area contributed by atoms with E-state index in [-0.39, 0.29) is 27.7 Å². The number of H-pyrrole nitrogens is 1. The van der Waals surface area contributed by atoms with Gasteiger partial charge in [-0.25, -0.2) is 8.42 Å². The lowest BCUT2D eigenvalue weighted by Gasteiger charge is -2.14. The van der Waals surface area contributed by atoms with Gasteiger partial charge in [-0.2, -0.15) is 0 Å². The highest BCUT2D eigenvalue weighted by atomic mass is 32.2. The fraction of sp³-hybridized carbons (Fsp3) is 0.500. The summed E-state index contributed by atoms with van der Waals surface area (Å²) in [6.07, 6.45) is 5.47. The minimum absolute atomic E-state index is 0.193. The standard InChI is InChI=1S/C20H24N2O4S2/c1-11-14(18(23)16-17(13-6-7-13)21-22(2)20(16)24)8-9-15(28(3,25)26)19(11)27-10-12-4-5-12/h8-9,12-13,21H,4-7,10H2,1-3H3. The van der Waals surface area contributed by atoms with Crippen molar-refractivity contribution in [3.8, 4) is 0 Å². The molecule has 2 aliphatic rings. The van der Waals surface area contributed by atoms with E-state index >= 15 is 0 Å². The molecule has 2 fully saturated rings. The second-order valence-electron chi connectivity index (χ2n) is 7.96. The number of benzene rings is 1. The van der Waals surface area contributed by atoms with Gasteiger partial charge >= 0.3 is 0 Å². The lowest BCUT2D eigenvalue weighted by atomic mass is 9.98. The Hall–Kier alpha value is -1.80. The van der Waals surface area contributed by atoms with E-state index in [0.717, 1.165) is 18.6 Å². The SMILES string of the molecule is Cc1c(C(=O)c2c(C3CC3)[nH]n(C)c2=O)ccc(S(C)(=O)=O)c1SCC1CC1. The normalized spacial score (nSPS) is 17.1. The van der Waals surface area contributed by atoms with Gasteiger partial charge < -0.3 is 0 Å². The van der Waals surface area contributed by atoms with Gasteiger partial charge in [-0.15, -0.1) is 11.8 Å². The average Bonchev–Trinajstić information content (AvgIpc) is 3.52. The number of hydrogen-bond acceptors (Lipinski definition) is 5. The maximum Gasteiger partial charge on any atom is 0.277 e. The first kappa shape index (κ1) is 19.5. The third-order valence-electron chi connectivity index (χ3n) is 5.46. The first-order chi connectivity index (χ1) is 13.2. The minimum Gasteiger partial charge on any atom is -0.299 e. The third kappa shape index (κ3) is 3.59. The van der Waals surface area contributed by atoms with Gasteiger partial charge in [0.25, 0.3) is 5.56 Å². The summed E-state index contributed by atoms with van der Waals surface area (Å²) in [5, 5.41) is 3.03. The second-order valence-corrected chi connectivity index (χ2v) is 11.0. The molecule has 0 spiro atoms. The van der Waals surface area contributed by atoms with Gasteiger partial charge in [0.05, 0.1) is 10.6 Å². The van der Waals surface area contributed by atoms with Crippen molar-refractivity contribution in [1.29, 1.82) is 0 Å². The molecular weight excluding hydrogens is 396 g/mol. The molecule has 0 atom stereocenters. The van der Waals surface area contributed by atoms with Gasteiger partial charge in [-0.05, 0) is 56.2 Å². The molecule has 0 bridgehead atoms. The van der Waals surface area contributed by atoms with Gasteiger partial charge in [-0.1, -0.05) is 0 Å². The summed E-state index contributed by atoms with van der Waals surface area (Å²) in [6.45, 7) is 1.78. The molecule has 2 aliphatic carbocycles. The Morgan fingerprint density at radius 2 is 1.93 bits per heavy atom. The first-order valence-electron chi connectivity index (χ1n) is 9.48. The van der Waals surface area contributed by atoms with Crippen molar-refractivity contribution < 1.29 is 13.2 Å². The number of rotatable bonds is 7. The number of hydrogen-bond donors (Lipinski definition) is 1. The molecule has 1 aromatic carbocycles. The second kappa shape index (κ2) is 6.91. The number of aryl methyl sites for hydroxylation is 1. The van der Waals surface area contributed by atoms with Crippen LogP contribution in [-0.4, -0.2) is 36.0 Å². The lowest BCUT2D eigenvalue weighted by Crippen LogP contribution is -2.20. The molecule has 0 unspecified atom stereocenters. The molecule has 1 aromatic heterocycles. The number of carbonyl (C=O) groups excluding carboxylic acids is 1. The van der Waals surface area contributed by atoms with Crippen molar-refractivity contribution in [2.24, 2.45) is 13.0 Å². The Kier molecular flexibility index (Phi) is 4.82. The molecule has 2 saturated carbocycles. The Labute approximate surface area is 168 Å². The quantitative estimate of drug-likeness (QED) is 0.549. The summed E-state index contributed by atoms with van der Waals surface area (Å²) in [5.41, 5.74) is 1.62. The summed E-state index contributed by atoms with van der Waals surface area (Å²) < 4.78 is 25.9. The molecule has 0 aliphatic heterocycles. The summed E-state index contributed by atoms with van der Waals surface area (Å²) in [7, 11) is -1.80. The topological polar surface area (TPSA) is 89.0 Å². The van der Waals surface area contributed by atoms with Crippen molar-refractivity contribution in [1.82, 2.24) is 9.78 Å². The predicted molar refractivity (Wildman–Crippen MR) is 109 cm³/mol. The molecule has 1 heterocycles. The summed E-state index contributed by atoms with van der Waals surface area (Å²) in [4.78, 5) is 26.8. The molecule has 0 saturated heterocycles. The van der Waals surface area contributed by atoms with E-state index in [1.807, 2.05) is 0 Å². The van der Waals surface area contributed by atoms with Crippen LogP contribution in [0.4, 0.5) is 0 Å². The molecule has 1 N–H and O–H groups in total. The molecule has 150 valence electrons. The number of aromatic amines is 1. The number of carbonyl (C=O) groups is 1. The van der Waals surface area contributed by atoms with Crippen LogP contribution in [0, 0.1) is 12.8 Å². The highest BCUT2D eigenvalue weighted by molar-refractivity contribution is 8.00. The lowest BCUT2D eigenvalue weighted by molar-refractivity contribution is 0.103. The molecule has 0 amide bonds.